The normalized spacial score (nSPS) is 8.92. The van der Waals surface area contributed by atoms with Crippen molar-refractivity contribution in [3.63, 3.8) is 0 Å². The average Bonchev–Trinajstić information content (AvgIpc) is 2.20. The molecule has 0 saturated carbocycles. The molecule has 0 fully saturated rings. The number of nitrogens with one attached hydrogen (secondary N) is 1. The highest BCUT2D eigenvalue weighted by atomic mass is 14.8. The van der Waals surface area contributed by atoms with Crippen LogP contribution in [-0.2, 0) is 6.42 Å². The lowest BCUT2D eigenvalue weighted by molar-refractivity contribution is 0.788. The average molecular weight is 179 g/mol. The van der Waals surface area contributed by atoms with Crippen LogP contribution in [0.2, 0.25) is 0 Å². The molecule has 1 rings (SSSR count). The smallest absolute Gasteiger partial charge is 0.00113 e. The summed E-state index contributed by atoms with van der Waals surface area (Å²) in [5.74, 6) is 0. The maximum absolute atomic E-state index is 3.14. The molecule has 0 amide bonds. The summed E-state index contributed by atoms with van der Waals surface area (Å²) in [5.41, 5.74) is 2.84. The monoisotopic (exact) mass is 179 g/mol. The summed E-state index contributed by atoms with van der Waals surface area (Å²) in [6, 6.07) is 8.52. The van der Waals surface area contributed by atoms with Crippen molar-refractivity contribution < 1.29 is 0 Å². The van der Waals surface area contributed by atoms with E-state index < -0.39 is 0 Å². The molecule has 1 heteroatoms. The second-order valence-corrected chi connectivity index (χ2v) is 2.78. The zero-order chi connectivity index (χ0) is 10.1. The van der Waals surface area contributed by atoms with Gasteiger partial charge in [-0.3, -0.25) is 0 Å². The third-order valence-electron chi connectivity index (χ3n) is 1.91. The maximum Gasteiger partial charge on any atom is -0.00113 e. The Kier molecular flexibility index (Phi) is 7.32. The minimum Gasteiger partial charge on any atom is -0.319 e. The number of aryl methyl sites for hydroxylation is 1. The number of benzene rings is 1. The predicted octanol–water partition coefficient (Wildman–Crippen LogP) is 2.78. The molecule has 74 valence electrons. The molecule has 0 spiro atoms. The highest BCUT2D eigenvalue weighted by Gasteiger charge is 1.93. The lowest BCUT2D eigenvalue weighted by Crippen LogP contribution is -2.10. The molecule has 0 atom stereocenters. The Hall–Kier alpha value is -0.820. The molecule has 1 aromatic carbocycles. The molecule has 0 saturated heterocycles. The van der Waals surface area contributed by atoms with Crippen molar-refractivity contribution in [2.75, 3.05) is 13.6 Å². The van der Waals surface area contributed by atoms with Crippen molar-refractivity contribution in [2.45, 2.75) is 27.2 Å². The van der Waals surface area contributed by atoms with Gasteiger partial charge < -0.3 is 5.32 Å². The van der Waals surface area contributed by atoms with Gasteiger partial charge in [-0.15, -0.1) is 0 Å². The summed E-state index contributed by atoms with van der Waals surface area (Å²) >= 11 is 0. The molecular formula is C12H21N. The van der Waals surface area contributed by atoms with Crippen LogP contribution < -0.4 is 5.32 Å². The third-order valence-corrected chi connectivity index (χ3v) is 1.91. The Balaban J connectivity index is 0.000000671. The first-order valence-corrected chi connectivity index (χ1v) is 5.03. The van der Waals surface area contributed by atoms with Gasteiger partial charge in [0.1, 0.15) is 0 Å². The van der Waals surface area contributed by atoms with Crippen LogP contribution in [0.1, 0.15) is 25.0 Å². The molecule has 0 aliphatic rings. The van der Waals surface area contributed by atoms with Crippen LogP contribution in [0.4, 0.5) is 0 Å². The molecular weight excluding hydrogens is 158 g/mol. The Morgan fingerprint density at radius 2 is 1.77 bits per heavy atom. The van der Waals surface area contributed by atoms with Crippen LogP contribution in [-0.4, -0.2) is 13.6 Å². The van der Waals surface area contributed by atoms with E-state index in [0.717, 1.165) is 13.0 Å². The van der Waals surface area contributed by atoms with E-state index in [0.29, 0.717) is 0 Å². The third kappa shape index (κ3) is 4.69. The van der Waals surface area contributed by atoms with E-state index >= 15 is 0 Å². The SMILES string of the molecule is CC.CNCCc1ccccc1C. The number of hydrogen-bond acceptors (Lipinski definition) is 1. The summed E-state index contributed by atoms with van der Waals surface area (Å²) in [4.78, 5) is 0. The van der Waals surface area contributed by atoms with Crippen LogP contribution in [0.3, 0.4) is 0 Å². The molecule has 0 bridgehead atoms. The van der Waals surface area contributed by atoms with Gasteiger partial charge in [0, 0.05) is 0 Å². The Morgan fingerprint density at radius 1 is 1.15 bits per heavy atom. The minimum absolute atomic E-state index is 1.06. The van der Waals surface area contributed by atoms with E-state index in [9.17, 15) is 0 Å². The molecule has 1 N–H and O–H groups in total. The van der Waals surface area contributed by atoms with Crippen molar-refractivity contribution in [3.05, 3.63) is 35.4 Å². The van der Waals surface area contributed by atoms with Gasteiger partial charge >= 0.3 is 0 Å². The topological polar surface area (TPSA) is 12.0 Å². The number of hydrogen-bond donors (Lipinski definition) is 1. The van der Waals surface area contributed by atoms with Gasteiger partial charge in [-0.2, -0.15) is 0 Å². The number of likely N-dealkylation sites (N-methyl/N-ethyl adjacent to an activating group) is 1. The van der Waals surface area contributed by atoms with Crippen molar-refractivity contribution in [1.82, 2.24) is 5.32 Å². The Bertz CT molecular complexity index is 218. The molecule has 0 heterocycles. The summed E-state index contributed by atoms with van der Waals surface area (Å²) in [7, 11) is 1.98. The van der Waals surface area contributed by atoms with E-state index in [1.807, 2.05) is 20.9 Å². The highest BCUT2D eigenvalue weighted by Crippen LogP contribution is 2.06. The second-order valence-electron chi connectivity index (χ2n) is 2.78. The van der Waals surface area contributed by atoms with Gasteiger partial charge in [0.05, 0.1) is 0 Å². The van der Waals surface area contributed by atoms with E-state index in [-0.39, 0.29) is 0 Å². The highest BCUT2D eigenvalue weighted by molar-refractivity contribution is 5.25. The molecule has 0 aliphatic heterocycles. The summed E-state index contributed by atoms with van der Waals surface area (Å²) < 4.78 is 0. The first-order chi connectivity index (χ1) is 6.34. The van der Waals surface area contributed by atoms with E-state index in [1.165, 1.54) is 11.1 Å². The zero-order valence-electron chi connectivity index (χ0n) is 9.22. The van der Waals surface area contributed by atoms with Gasteiger partial charge in [-0.1, -0.05) is 38.1 Å². The quantitative estimate of drug-likeness (QED) is 0.752. The van der Waals surface area contributed by atoms with Gasteiger partial charge in [0.2, 0.25) is 0 Å². The Labute approximate surface area is 82.2 Å². The van der Waals surface area contributed by atoms with Gasteiger partial charge in [0.25, 0.3) is 0 Å². The van der Waals surface area contributed by atoms with Crippen molar-refractivity contribution >= 4 is 0 Å². The first-order valence-electron chi connectivity index (χ1n) is 5.03. The number of rotatable bonds is 3. The maximum atomic E-state index is 3.14. The molecule has 1 nitrogen and oxygen atoms in total. The molecule has 0 aliphatic carbocycles. The largest absolute Gasteiger partial charge is 0.319 e. The molecule has 13 heavy (non-hydrogen) atoms. The van der Waals surface area contributed by atoms with Crippen molar-refractivity contribution in [2.24, 2.45) is 0 Å². The molecule has 0 radical (unpaired) electrons. The summed E-state index contributed by atoms with van der Waals surface area (Å²) in [5, 5.41) is 3.14. The lowest BCUT2D eigenvalue weighted by Gasteiger charge is -2.03. The van der Waals surface area contributed by atoms with Gasteiger partial charge in [0.15, 0.2) is 0 Å². The first kappa shape index (κ1) is 12.2. The molecule has 0 aromatic heterocycles. The van der Waals surface area contributed by atoms with Gasteiger partial charge in [-0.05, 0) is 38.1 Å². The van der Waals surface area contributed by atoms with Crippen molar-refractivity contribution in [3.8, 4) is 0 Å². The van der Waals surface area contributed by atoms with Crippen LogP contribution in [0.25, 0.3) is 0 Å². The fraction of sp³-hybridized carbons (Fsp3) is 0.500. The fourth-order valence-electron chi connectivity index (χ4n) is 1.15. The van der Waals surface area contributed by atoms with E-state index in [1.54, 1.807) is 0 Å². The summed E-state index contributed by atoms with van der Waals surface area (Å²) in [6.45, 7) is 7.22. The zero-order valence-corrected chi connectivity index (χ0v) is 9.22. The molecule has 0 unspecified atom stereocenters. The fourth-order valence-corrected chi connectivity index (χ4v) is 1.15. The van der Waals surface area contributed by atoms with Crippen LogP contribution in [0.5, 0.6) is 0 Å². The summed E-state index contributed by atoms with van der Waals surface area (Å²) in [6.07, 6.45) is 1.13. The van der Waals surface area contributed by atoms with Crippen LogP contribution >= 0.6 is 0 Å². The minimum atomic E-state index is 1.06. The van der Waals surface area contributed by atoms with Gasteiger partial charge in [-0.25, -0.2) is 0 Å². The molecule has 1 aromatic rings. The standard InChI is InChI=1S/C10H15N.C2H6/c1-9-5-3-4-6-10(9)7-8-11-2;1-2/h3-6,11H,7-8H2,1-2H3;1-2H3. The van der Waals surface area contributed by atoms with E-state index in [2.05, 4.69) is 36.5 Å². The van der Waals surface area contributed by atoms with E-state index in [4.69, 9.17) is 0 Å². The van der Waals surface area contributed by atoms with Crippen molar-refractivity contribution in [1.29, 1.82) is 0 Å². The second kappa shape index (κ2) is 7.81. The van der Waals surface area contributed by atoms with Crippen LogP contribution in [0, 0.1) is 6.92 Å². The predicted molar refractivity (Wildman–Crippen MR) is 60.2 cm³/mol. The lowest BCUT2D eigenvalue weighted by atomic mass is 10.1. The van der Waals surface area contributed by atoms with Crippen LogP contribution in [0.15, 0.2) is 24.3 Å². The Morgan fingerprint density at radius 3 is 2.31 bits per heavy atom.